The lowest BCUT2D eigenvalue weighted by Crippen LogP contribution is -2.29. The maximum absolute atomic E-state index is 9.19. The molecular formula is C13H16N2O2. The minimum Gasteiger partial charge on any atom is -0.508 e. The van der Waals surface area contributed by atoms with Gasteiger partial charge in [0.1, 0.15) is 11.8 Å². The molecule has 4 nitrogen and oxygen atoms in total. The zero-order valence-corrected chi connectivity index (χ0v) is 9.60. The molecule has 4 heteroatoms. The third kappa shape index (κ3) is 3.19. The molecule has 0 saturated carbocycles. The van der Waals surface area contributed by atoms with Crippen molar-refractivity contribution in [2.75, 3.05) is 13.2 Å². The molecule has 17 heavy (non-hydrogen) atoms. The molecule has 1 aliphatic heterocycles. The van der Waals surface area contributed by atoms with Crippen molar-refractivity contribution in [3.05, 3.63) is 29.8 Å². The number of ether oxygens (including phenoxy) is 1. The average molecular weight is 232 g/mol. The van der Waals surface area contributed by atoms with Crippen LogP contribution in [0.15, 0.2) is 24.3 Å². The molecule has 1 saturated heterocycles. The van der Waals surface area contributed by atoms with E-state index in [0.717, 1.165) is 25.0 Å². The van der Waals surface area contributed by atoms with Crippen LogP contribution in [0.3, 0.4) is 0 Å². The highest BCUT2D eigenvalue weighted by molar-refractivity contribution is 5.30. The Labute approximate surface area is 101 Å². The number of phenolic OH excluding ortho intramolecular Hbond substituents is 1. The number of nitriles is 1. The van der Waals surface area contributed by atoms with Gasteiger partial charge in [-0.1, -0.05) is 12.1 Å². The van der Waals surface area contributed by atoms with E-state index in [1.54, 1.807) is 24.3 Å². The standard InChI is InChI=1S/C13H16N2O2/c14-8-13(10-3-5-11(16)6-4-10)15-9-12-2-1-7-17-12/h3-6,12-13,15-16H,1-2,7,9H2. The fourth-order valence-corrected chi connectivity index (χ4v) is 1.96. The summed E-state index contributed by atoms with van der Waals surface area (Å²) in [6.45, 7) is 1.52. The summed E-state index contributed by atoms with van der Waals surface area (Å²) in [4.78, 5) is 0. The normalized spacial score (nSPS) is 21.0. The molecule has 1 aromatic rings. The van der Waals surface area contributed by atoms with Crippen LogP contribution in [0, 0.1) is 11.3 Å². The SMILES string of the molecule is N#CC(NCC1CCCO1)c1ccc(O)cc1. The van der Waals surface area contributed by atoms with Crippen LogP contribution >= 0.6 is 0 Å². The molecule has 2 N–H and O–H groups in total. The number of nitrogens with zero attached hydrogens (tertiary/aromatic N) is 1. The van der Waals surface area contributed by atoms with E-state index in [2.05, 4.69) is 11.4 Å². The van der Waals surface area contributed by atoms with Crippen molar-refractivity contribution < 1.29 is 9.84 Å². The van der Waals surface area contributed by atoms with E-state index < -0.39 is 0 Å². The van der Waals surface area contributed by atoms with Gasteiger partial charge in [-0.3, -0.25) is 5.32 Å². The fourth-order valence-electron chi connectivity index (χ4n) is 1.96. The summed E-state index contributed by atoms with van der Waals surface area (Å²) < 4.78 is 5.49. The Bertz CT molecular complexity index is 391. The highest BCUT2D eigenvalue weighted by Crippen LogP contribution is 2.17. The van der Waals surface area contributed by atoms with E-state index in [-0.39, 0.29) is 17.9 Å². The van der Waals surface area contributed by atoms with Crippen LogP contribution in [0.2, 0.25) is 0 Å². The average Bonchev–Trinajstić information content (AvgIpc) is 2.85. The van der Waals surface area contributed by atoms with Crippen molar-refractivity contribution in [1.29, 1.82) is 5.26 Å². The predicted octanol–water partition coefficient (Wildman–Crippen LogP) is 1.73. The van der Waals surface area contributed by atoms with Gasteiger partial charge in [0.05, 0.1) is 12.2 Å². The zero-order valence-electron chi connectivity index (χ0n) is 9.60. The van der Waals surface area contributed by atoms with Gasteiger partial charge in [0, 0.05) is 13.2 Å². The molecular weight excluding hydrogens is 216 g/mol. The second kappa shape index (κ2) is 5.67. The lowest BCUT2D eigenvalue weighted by molar-refractivity contribution is 0.109. The van der Waals surface area contributed by atoms with E-state index in [9.17, 15) is 5.11 Å². The number of aromatic hydroxyl groups is 1. The van der Waals surface area contributed by atoms with Crippen molar-refractivity contribution in [3.8, 4) is 11.8 Å². The van der Waals surface area contributed by atoms with Gasteiger partial charge >= 0.3 is 0 Å². The van der Waals surface area contributed by atoms with Crippen LogP contribution in [0.1, 0.15) is 24.4 Å². The van der Waals surface area contributed by atoms with E-state index in [0.29, 0.717) is 6.54 Å². The first-order chi connectivity index (χ1) is 8.29. The third-order valence-electron chi connectivity index (χ3n) is 2.93. The van der Waals surface area contributed by atoms with Crippen molar-refractivity contribution >= 4 is 0 Å². The monoisotopic (exact) mass is 232 g/mol. The summed E-state index contributed by atoms with van der Waals surface area (Å²) in [5, 5.41) is 21.5. The number of hydrogen-bond donors (Lipinski definition) is 2. The highest BCUT2D eigenvalue weighted by Gasteiger charge is 2.17. The number of rotatable bonds is 4. The maximum Gasteiger partial charge on any atom is 0.121 e. The number of nitrogens with one attached hydrogen (secondary N) is 1. The molecule has 1 fully saturated rings. The number of benzene rings is 1. The molecule has 2 rings (SSSR count). The Hall–Kier alpha value is -1.57. The predicted molar refractivity (Wildman–Crippen MR) is 63.4 cm³/mol. The molecule has 0 aliphatic carbocycles. The van der Waals surface area contributed by atoms with E-state index >= 15 is 0 Å². The fraction of sp³-hybridized carbons (Fsp3) is 0.462. The molecule has 90 valence electrons. The summed E-state index contributed by atoms with van der Waals surface area (Å²) in [5.41, 5.74) is 0.864. The second-order valence-corrected chi connectivity index (χ2v) is 4.20. The Morgan fingerprint density at radius 1 is 1.47 bits per heavy atom. The lowest BCUT2D eigenvalue weighted by Gasteiger charge is -2.15. The van der Waals surface area contributed by atoms with Crippen LogP contribution in [0.25, 0.3) is 0 Å². The molecule has 2 unspecified atom stereocenters. The second-order valence-electron chi connectivity index (χ2n) is 4.20. The first kappa shape index (κ1) is 11.9. The van der Waals surface area contributed by atoms with Crippen LogP contribution in [0.4, 0.5) is 0 Å². The van der Waals surface area contributed by atoms with Crippen LogP contribution < -0.4 is 5.32 Å². The smallest absolute Gasteiger partial charge is 0.121 e. The van der Waals surface area contributed by atoms with Crippen molar-refractivity contribution in [1.82, 2.24) is 5.32 Å². The quantitative estimate of drug-likeness (QED) is 0.829. The van der Waals surface area contributed by atoms with E-state index in [1.165, 1.54) is 0 Å². The number of phenols is 1. The molecule has 1 heterocycles. The van der Waals surface area contributed by atoms with Gasteiger partial charge in [0.15, 0.2) is 0 Å². The van der Waals surface area contributed by atoms with Gasteiger partial charge in [0.25, 0.3) is 0 Å². The van der Waals surface area contributed by atoms with Gasteiger partial charge in [-0.2, -0.15) is 5.26 Å². The minimum absolute atomic E-state index is 0.213. The molecule has 0 bridgehead atoms. The Morgan fingerprint density at radius 2 is 2.24 bits per heavy atom. The first-order valence-electron chi connectivity index (χ1n) is 5.83. The third-order valence-corrected chi connectivity index (χ3v) is 2.93. The van der Waals surface area contributed by atoms with Crippen molar-refractivity contribution in [2.24, 2.45) is 0 Å². The summed E-state index contributed by atoms with van der Waals surface area (Å²) in [6.07, 6.45) is 2.38. The molecule has 0 spiro atoms. The largest absolute Gasteiger partial charge is 0.508 e. The minimum atomic E-state index is -0.347. The highest BCUT2D eigenvalue weighted by atomic mass is 16.5. The van der Waals surface area contributed by atoms with Crippen LogP contribution in [-0.2, 0) is 4.74 Å². The Kier molecular flexibility index (Phi) is 3.97. The van der Waals surface area contributed by atoms with E-state index in [1.807, 2.05) is 0 Å². The lowest BCUT2D eigenvalue weighted by atomic mass is 10.1. The zero-order chi connectivity index (χ0) is 12.1. The topological polar surface area (TPSA) is 65.3 Å². The van der Waals surface area contributed by atoms with Gasteiger partial charge in [-0.15, -0.1) is 0 Å². The molecule has 0 radical (unpaired) electrons. The van der Waals surface area contributed by atoms with Gasteiger partial charge in [-0.05, 0) is 30.5 Å². The Morgan fingerprint density at radius 3 is 2.82 bits per heavy atom. The van der Waals surface area contributed by atoms with Crippen LogP contribution in [-0.4, -0.2) is 24.4 Å². The summed E-state index contributed by atoms with van der Waals surface area (Å²) in [5.74, 6) is 0.213. The summed E-state index contributed by atoms with van der Waals surface area (Å²) in [7, 11) is 0. The van der Waals surface area contributed by atoms with Crippen LogP contribution in [0.5, 0.6) is 5.75 Å². The van der Waals surface area contributed by atoms with Gasteiger partial charge < -0.3 is 9.84 Å². The van der Waals surface area contributed by atoms with E-state index in [4.69, 9.17) is 10.00 Å². The summed E-state index contributed by atoms with van der Waals surface area (Å²) in [6, 6.07) is 8.56. The summed E-state index contributed by atoms with van der Waals surface area (Å²) >= 11 is 0. The molecule has 1 aromatic carbocycles. The molecule has 2 atom stereocenters. The molecule has 0 amide bonds. The van der Waals surface area contributed by atoms with Crippen molar-refractivity contribution in [2.45, 2.75) is 25.0 Å². The van der Waals surface area contributed by atoms with Gasteiger partial charge in [-0.25, -0.2) is 0 Å². The number of hydrogen-bond acceptors (Lipinski definition) is 4. The van der Waals surface area contributed by atoms with Gasteiger partial charge in [0.2, 0.25) is 0 Å². The Balaban J connectivity index is 1.92. The maximum atomic E-state index is 9.19. The molecule has 0 aromatic heterocycles. The molecule has 1 aliphatic rings. The van der Waals surface area contributed by atoms with Crippen molar-refractivity contribution in [3.63, 3.8) is 0 Å². The first-order valence-corrected chi connectivity index (χ1v) is 5.83.